The van der Waals surface area contributed by atoms with Crippen molar-refractivity contribution in [1.29, 1.82) is 0 Å². The van der Waals surface area contributed by atoms with Crippen molar-refractivity contribution in [3.8, 4) is 0 Å². The summed E-state index contributed by atoms with van der Waals surface area (Å²) in [7, 11) is 1.95. The zero-order valence-corrected chi connectivity index (χ0v) is 14.6. The molecule has 0 unspecified atom stereocenters. The van der Waals surface area contributed by atoms with Crippen molar-refractivity contribution in [2.75, 3.05) is 18.5 Å². The Morgan fingerprint density at radius 1 is 1.38 bits per heavy atom. The fraction of sp³-hybridized carbons (Fsp3) is 0.529. The first-order valence-electron chi connectivity index (χ1n) is 8.25. The van der Waals surface area contributed by atoms with Gasteiger partial charge in [0.25, 0.3) is 5.91 Å². The third kappa shape index (κ3) is 3.39. The van der Waals surface area contributed by atoms with E-state index in [2.05, 4.69) is 29.3 Å². The second-order valence-electron chi connectivity index (χ2n) is 6.69. The molecule has 1 aliphatic rings. The van der Waals surface area contributed by atoms with Gasteiger partial charge in [-0.05, 0) is 19.3 Å². The molecule has 1 amide bonds. The summed E-state index contributed by atoms with van der Waals surface area (Å²) in [6.07, 6.45) is 1.47. The standard InChI is InChI=1S/C17H23N5O2/c1-10(2)7-14-19-15-13(5-6-18-17(15)23)16(20-14)22(4)9-12-8-11(3)21-24-12/h8,10H,5-7,9H2,1-4H3,(H,18,23). The average molecular weight is 329 g/mol. The first-order chi connectivity index (χ1) is 11.4. The Balaban J connectivity index is 1.97. The molecule has 3 rings (SSSR count). The Labute approximate surface area is 141 Å². The van der Waals surface area contributed by atoms with Gasteiger partial charge in [-0.25, -0.2) is 9.97 Å². The van der Waals surface area contributed by atoms with Crippen molar-refractivity contribution in [2.45, 2.75) is 40.2 Å². The summed E-state index contributed by atoms with van der Waals surface area (Å²) < 4.78 is 5.30. The number of amides is 1. The molecule has 1 N–H and O–H groups in total. The first kappa shape index (κ1) is 16.4. The van der Waals surface area contributed by atoms with Crippen LogP contribution in [0.2, 0.25) is 0 Å². The van der Waals surface area contributed by atoms with E-state index < -0.39 is 0 Å². The molecule has 1 aliphatic heterocycles. The number of carbonyl (C=O) groups excluding carboxylic acids is 1. The quantitative estimate of drug-likeness (QED) is 0.902. The number of hydrogen-bond donors (Lipinski definition) is 1. The molecule has 7 heteroatoms. The fourth-order valence-electron chi connectivity index (χ4n) is 2.89. The van der Waals surface area contributed by atoms with Crippen LogP contribution in [-0.2, 0) is 19.4 Å². The second kappa shape index (κ2) is 6.59. The number of anilines is 1. The van der Waals surface area contributed by atoms with Crippen LogP contribution in [0, 0.1) is 12.8 Å². The number of nitrogens with one attached hydrogen (secondary N) is 1. The highest BCUT2D eigenvalue weighted by atomic mass is 16.5. The third-order valence-corrected chi connectivity index (χ3v) is 3.93. The number of carbonyl (C=O) groups is 1. The van der Waals surface area contributed by atoms with Crippen LogP contribution in [0.4, 0.5) is 5.82 Å². The molecular weight excluding hydrogens is 306 g/mol. The minimum absolute atomic E-state index is 0.117. The normalized spacial score (nSPS) is 13.8. The molecule has 0 aromatic carbocycles. The topological polar surface area (TPSA) is 84.2 Å². The molecule has 0 atom stereocenters. The van der Waals surface area contributed by atoms with Gasteiger partial charge in [0.05, 0.1) is 12.2 Å². The number of aromatic nitrogens is 3. The lowest BCUT2D eigenvalue weighted by atomic mass is 10.0. The molecule has 2 aromatic heterocycles. The Kier molecular flexibility index (Phi) is 4.51. The highest BCUT2D eigenvalue weighted by molar-refractivity contribution is 5.96. The molecular formula is C17H23N5O2. The maximum Gasteiger partial charge on any atom is 0.270 e. The zero-order valence-electron chi connectivity index (χ0n) is 14.6. The Morgan fingerprint density at radius 3 is 2.83 bits per heavy atom. The van der Waals surface area contributed by atoms with E-state index in [9.17, 15) is 4.79 Å². The van der Waals surface area contributed by atoms with Crippen LogP contribution >= 0.6 is 0 Å². The lowest BCUT2D eigenvalue weighted by Gasteiger charge is -2.25. The summed E-state index contributed by atoms with van der Waals surface area (Å²) in [6.45, 7) is 7.28. The van der Waals surface area contributed by atoms with E-state index in [0.717, 1.165) is 35.7 Å². The molecule has 0 aliphatic carbocycles. The average Bonchev–Trinajstić information content (AvgIpc) is 2.92. The van der Waals surface area contributed by atoms with E-state index in [1.807, 2.05) is 24.9 Å². The van der Waals surface area contributed by atoms with Gasteiger partial charge in [0.1, 0.15) is 17.3 Å². The molecule has 7 nitrogen and oxygen atoms in total. The van der Waals surface area contributed by atoms with Gasteiger partial charge in [-0.3, -0.25) is 4.79 Å². The summed E-state index contributed by atoms with van der Waals surface area (Å²) >= 11 is 0. The first-order valence-corrected chi connectivity index (χ1v) is 8.25. The number of rotatable bonds is 5. The molecule has 0 saturated heterocycles. The molecule has 0 bridgehead atoms. The summed E-state index contributed by atoms with van der Waals surface area (Å²) in [5.74, 6) is 2.59. The molecule has 3 heterocycles. The predicted octanol–water partition coefficient (Wildman–Crippen LogP) is 1.89. The maximum absolute atomic E-state index is 12.2. The second-order valence-corrected chi connectivity index (χ2v) is 6.69. The number of fused-ring (bicyclic) bond motifs is 1. The van der Waals surface area contributed by atoms with Crippen LogP contribution in [0.15, 0.2) is 10.6 Å². The van der Waals surface area contributed by atoms with Crippen molar-refractivity contribution >= 4 is 11.7 Å². The van der Waals surface area contributed by atoms with Gasteiger partial charge in [-0.1, -0.05) is 19.0 Å². The molecule has 0 spiro atoms. The minimum atomic E-state index is -0.117. The van der Waals surface area contributed by atoms with Crippen molar-refractivity contribution in [2.24, 2.45) is 5.92 Å². The van der Waals surface area contributed by atoms with E-state index in [1.165, 1.54) is 0 Å². The van der Waals surface area contributed by atoms with Gasteiger partial charge >= 0.3 is 0 Å². The Bertz CT molecular complexity index is 753. The van der Waals surface area contributed by atoms with Crippen LogP contribution in [-0.4, -0.2) is 34.6 Å². The summed E-state index contributed by atoms with van der Waals surface area (Å²) in [5.41, 5.74) is 2.26. The highest BCUT2D eigenvalue weighted by Crippen LogP contribution is 2.25. The number of nitrogens with zero attached hydrogens (tertiary/aromatic N) is 4. The van der Waals surface area contributed by atoms with Gasteiger partial charge in [-0.15, -0.1) is 0 Å². The summed E-state index contributed by atoms with van der Waals surface area (Å²) in [6, 6.07) is 1.91. The largest absolute Gasteiger partial charge is 0.359 e. The van der Waals surface area contributed by atoms with Gasteiger partial charge in [-0.2, -0.15) is 0 Å². The number of hydrogen-bond acceptors (Lipinski definition) is 6. The molecule has 0 fully saturated rings. The van der Waals surface area contributed by atoms with Crippen LogP contribution in [0.1, 0.15) is 47.2 Å². The van der Waals surface area contributed by atoms with Gasteiger partial charge in [0.15, 0.2) is 5.76 Å². The fourth-order valence-corrected chi connectivity index (χ4v) is 2.89. The van der Waals surface area contributed by atoms with Crippen LogP contribution in [0.3, 0.4) is 0 Å². The lowest BCUT2D eigenvalue weighted by Crippen LogP contribution is -2.35. The van der Waals surface area contributed by atoms with Crippen molar-refractivity contribution in [3.05, 3.63) is 34.6 Å². The third-order valence-electron chi connectivity index (χ3n) is 3.93. The molecule has 0 saturated carbocycles. The SMILES string of the molecule is Cc1cc(CN(C)c2nc(CC(C)C)nc3c2CCNC3=O)on1. The molecule has 0 radical (unpaired) electrons. The van der Waals surface area contributed by atoms with E-state index in [4.69, 9.17) is 9.51 Å². The summed E-state index contributed by atoms with van der Waals surface area (Å²) in [5, 5.41) is 6.78. The van der Waals surface area contributed by atoms with Gasteiger partial charge < -0.3 is 14.7 Å². The van der Waals surface area contributed by atoms with Crippen molar-refractivity contribution in [1.82, 2.24) is 20.4 Å². The Hall–Kier alpha value is -2.44. The van der Waals surface area contributed by atoms with Crippen LogP contribution < -0.4 is 10.2 Å². The highest BCUT2D eigenvalue weighted by Gasteiger charge is 2.25. The van der Waals surface area contributed by atoms with Gasteiger partial charge in [0, 0.05) is 31.6 Å². The molecule has 128 valence electrons. The smallest absolute Gasteiger partial charge is 0.270 e. The van der Waals surface area contributed by atoms with E-state index >= 15 is 0 Å². The predicted molar refractivity (Wildman–Crippen MR) is 90.0 cm³/mol. The Morgan fingerprint density at radius 2 is 2.17 bits per heavy atom. The monoisotopic (exact) mass is 329 g/mol. The van der Waals surface area contributed by atoms with E-state index in [1.54, 1.807) is 0 Å². The minimum Gasteiger partial charge on any atom is -0.359 e. The molecule has 24 heavy (non-hydrogen) atoms. The molecule has 2 aromatic rings. The van der Waals surface area contributed by atoms with Crippen molar-refractivity contribution in [3.63, 3.8) is 0 Å². The van der Waals surface area contributed by atoms with Gasteiger partial charge in [0.2, 0.25) is 0 Å². The van der Waals surface area contributed by atoms with Crippen molar-refractivity contribution < 1.29 is 9.32 Å². The van der Waals surface area contributed by atoms with Crippen LogP contribution in [0.25, 0.3) is 0 Å². The summed E-state index contributed by atoms with van der Waals surface area (Å²) in [4.78, 5) is 23.5. The van der Waals surface area contributed by atoms with E-state index in [0.29, 0.717) is 30.5 Å². The lowest BCUT2D eigenvalue weighted by molar-refractivity contribution is 0.0940. The number of aryl methyl sites for hydroxylation is 1. The maximum atomic E-state index is 12.2. The zero-order chi connectivity index (χ0) is 17.3. The van der Waals surface area contributed by atoms with Crippen LogP contribution in [0.5, 0.6) is 0 Å². The van der Waals surface area contributed by atoms with E-state index in [-0.39, 0.29) is 5.91 Å².